The van der Waals surface area contributed by atoms with E-state index < -0.39 is 0 Å². The van der Waals surface area contributed by atoms with Crippen molar-refractivity contribution in [2.45, 2.75) is 18.4 Å². The average Bonchev–Trinajstić information content (AvgIpc) is 2.67. The van der Waals surface area contributed by atoms with E-state index in [4.69, 9.17) is 10.5 Å². The first kappa shape index (κ1) is 14.8. The van der Waals surface area contributed by atoms with Crippen LogP contribution in [0, 0.1) is 5.82 Å². The number of rotatable bonds is 2. The minimum absolute atomic E-state index is 0.221. The SMILES string of the molecule is CN1CCN(C2(CN)CCCOc3cc(F)ccc32)CC1. The third-order valence-electron chi connectivity index (χ3n) is 4.88. The minimum Gasteiger partial charge on any atom is -0.493 e. The Hall–Kier alpha value is -1.17. The van der Waals surface area contributed by atoms with Gasteiger partial charge in [-0.15, -0.1) is 0 Å². The van der Waals surface area contributed by atoms with Gasteiger partial charge in [-0.3, -0.25) is 4.90 Å². The molecule has 0 amide bonds. The summed E-state index contributed by atoms with van der Waals surface area (Å²) in [6, 6.07) is 4.89. The first-order chi connectivity index (χ1) is 10.2. The molecule has 0 spiro atoms. The van der Waals surface area contributed by atoms with Crippen molar-refractivity contribution in [3.05, 3.63) is 29.6 Å². The molecule has 2 aliphatic heterocycles. The fraction of sp³-hybridized carbons (Fsp3) is 0.625. The van der Waals surface area contributed by atoms with Crippen LogP contribution in [0.25, 0.3) is 0 Å². The van der Waals surface area contributed by atoms with Gasteiger partial charge in [0.05, 0.1) is 12.1 Å². The van der Waals surface area contributed by atoms with Crippen LogP contribution in [0.4, 0.5) is 4.39 Å². The number of piperazine rings is 1. The number of benzene rings is 1. The number of hydrogen-bond acceptors (Lipinski definition) is 4. The lowest BCUT2D eigenvalue weighted by Crippen LogP contribution is -2.57. The molecule has 3 rings (SSSR count). The van der Waals surface area contributed by atoms with Crippen LogP contribution in [0.15, 0.2) is 18.2 Å². The van der Waals surface area contributed by atoms with Gasteiger partial charge in [0.15, 0.2) is 0 Å². The molecule has 1 unspecified atom stereocenters. The van der Waals surface area contributed by atoms with Gasteiger partial charge < -0.3 is 15.4 Å². The molecule has 2 N–H and O–H groups in total. The zero-order chi connectivity index (χ0) is 14.9. The molecule has 1 aromatic carbocycles. The molecule has 0 saturated carbocycles. The van der Waals surface area contributed by atoms with Crippen molar-refractivity contribution in [3.8, 4) is 5.75 Å². The van der Waals surface area contributed by atoms with Crippen LogP contribution in [0.5, 0.6) is 5.75 Å². The molecule has 2 aliphatic rings. The molecule has 2 heterocycles. The van der Waals surface area contributed by atoms with Gasteiger partial charge in [0.25, 0.3) is 0 Å². The van der Waals surface area contributed by atoms with E-state index in [1.165, 1.54) is 12.1 Å². The molecule has 116 valence electrons. The Bertz CT molecular complexity index is 502. The Morgan fingerprint density at radius 2 is 2.05 bits per heavy atom. The van der Waals surface area contributed by atoms with Gasteiger partial charge in [-0.25, -0.2) is 4.39 Å². The van der Waals surface area contributed by atoms with Crippen molar-refractivity contribution in [1.82, 2.24) is 9.80 Å². The van der Waals surface area contributed by atoms with E-state index in [9.17, 15) is 4.39 Å². The van der Waals surface area contributed by atoms with Crippen molar-refractivity contribution in [1.29, 1.82) is 0 Å². The number of nitrogens with two attached hydrogens (primary N) is 1. The van der Waals surface area contributed by atoms with E-state index in [-0.39, 0.29) is 11.4 Å². The van der Waals surface area contributed by atoms with Crippen LogP contribution >= 0.6 is 0 Å². The summed E-state index contributed by atoms with van der Waals surface area (Å²) in [5.74, 6) is 0.414. The van der Waals surface area contributed by atoms with Crippen molar-refractivity contribution in [2.24, 2.45) is 5.73 Å². The number of ether oxygens (including phenoxy) is 1. The first-order valence-corrected chi connectivity index (χ1v) is 7.72. The predicted octanol–water partition coefficient (Wildman–Crippen LogP) is 1.40. The minimum atomic E-state index is -0.250. The van der Waals surface area contributed by atoms with Crippen LogP contribution in [0.3, 0.4) is 0 Å². The molecular weight excluding hydrogens is 269 g/mol. The molecule has 1 atom stereocenters. The number of likely N-dealkylation sites (N-methyl/N-ethyl adjacent to an activating group) is 1. The lowest BCUT2D eigenvalue weighted by molar-refractivity contribution is 0.0361. The monoisotopic (exact) mass is 293 g/mol. The highest BCUT2D eigenvalue weighted by Gasteiger charge is 2.41. The normalized spacial score (nSPS) is 27.8. The fourth-order valence-electron chi connectivity index (χ4n) is 3.59. The van der Waals surface area contributed by atoms with Crippen LogP contribution in [0.1, 0.15) is 18.4 Å². The third-order valence-corrected chi connectivity index (χ3v) is 4.88. The maximum atomic E-state index is 13.5. The summed E-state index contributed by atoms with van der Waals surface area (Å²) in [7, 11) is 2.14. The summed E-state index contributed by atoms with van der Waals surface area (Å²) in [6.07, 6.45) is 1.91. The lowest BCUT2D eigenvalue weighted by atomic mass is 9.83. The number of halogens is 1. The molecule has 1 saturated heterocycles. The molecule has 4 nitrogen and oxygen atoms in total. The van der Waals surface area contributed by atoms with Gasteiger partial charge in [-0.1, -0.05) is 6.07 Å². The second kappa shape index (κ2) is 5.91. The highest BCUT2D eigenvalue weighted by Crippen LogP contribution is 2.41. The van der Waals surface area contributed by atoms with E-state index in [2.05, 4.69) is 16.8 Å². The largest absolute Gasteiger partial charge is 0.493 e. The molecule has 21 heavy (non-hydrogen) atoms. The first-order valence-electron chi connectivity index (χ1n) is 7.72. The zero-order valence-corrected chi connectivity index (χ0v) is 12.6. The summed E-state index contributed by atoms with van der Waals surface area (Å²) in [5, 5.41) is 0. The van der Waals surface area contributed by atoms with Gasteiger partial charge in [0.2, 0.25) is 0 Å². The summed E-state index contributed by atoms with van der Waals surface area (Å²) >= 11 is 0. The Balaban J connectivity index is 2.00. The van der Waals surface area contributed by atoms with Crippen molar-refractivity contribution < 1.29 is 9.13 Å². The van der Waals surface area contributed by atoms with Crippen LogP contribution in [-0.2, 0) is 5.54 Å². The molecule has 5 heteroatoms. The smallest absolute Gasteiger partial charge is 0.127 e. The van der Waals surface area contributed by atoms with E-state index in [1.54, 1.807) is 0 Å². The molecule has 0 aliphatic carbocycles. The van der Waals surface area contributed by atoms with Crippen molar-refractivity contribution in [2.75, 3.05) is 46.4 Å². The number of hydrogen-bond donors (Lipinski definition) is 1. The fourth-order valence-corrected chi connectivity index (χ4v) is 3.59. The van der Waals surface area contributed by atoms with E-state index in [0.29, 0.717) is 18.9 Å². The molecule has 0 bridgehead atoms. The zero-order valence-electron chi connectivity index (χ0n) is 12.6. The Morgan fingerprint density at radius 1 is 1.29 bits per heavy atom. The second-order valence-corrected chi connectivity index (χ2v) is 6.12. The van der Waals surface area contributed by atoms with Crippen LogP contribution < -0.4 is 10.5 Å². The van der Waals surface area contributed by atoms with Gasteiger partial charge in [0, 0.05) is 44.4 Å². The van der Waals surface area contributed by atoms with Crippen molar-refractivity contribution >= 4 is 0 Å². The maximum absolute atomic E-state index is 13.5. The molecule has 1 aromatic rings. The highest BCUT2D eigenvalue weighted by atomic mass is 19.1. The Kier molecular flexibility index (Phi) is 4.15. The van der Waals surface area contributed by atoms with E-state index >= 15 is 0 Å². The van der Waals surface area contributed by atoms with E-state index in [1.807, 2.05) is 6.07 Å². The summed E-state index contributed by atoms with van der Waals surface area (Å²) in [6.45, 7) is 5.23. The van der Waals surface area contributed by atoms with Crippen molar-refractivity contribution in [3.63, 3.8) is 0 Å². The topological polar surface area (TPSA) is 41.7 Å². The second-order valence-electron chi connectivity index (χ2n) is 6.12. The summed E-state index contributed by atoms with van der Waals surface area (Å²) in [5.41, 5.74) is 7.05. The summed E-state index contributed by atoms with van der Waals surface area (Å²) in [4.78, 5) is 4.80. The third kappa shape index (κ3) is 2.65. The number of nitrogens with zero attached hydrogens (tertiary/aromatic N) is 2. The predicted molar refractivity (Wildman–Crippen MR) is 80.9 cm³/mol. The highest BCUT2D eigenvalue weighted by molar-refractivity contribution is 5.41. The Labute approximate surface area is 125 Å². The standard InChI is InChI=1S/C16H24FN3O/c1-19-6-8-20(9-7-19)16(12-18)5-2-10-21-15-11-13(17)3-4-14(15)16/h3-4,11H,2,5-10,12,18H2,1H3. The number of fused-ring (bicyclic) bond motifs is 1. The summed E-state index contributed by atoms with van der Waals surface area (Å²) < 4.78 is 19.3. The van der Waals surface area contributed by atoms with Gasteiger partial charge in [-0.2, -0.15) is 0 Å². The average molecular weight is 293 g/mol. The molecule has 0 aromatic heterocycles. The van der Waals surface area contributed by atoms with Crippen LogP contribution in [-0.4, -0.2) is 56.2 Å². The molecule has 0 radical (unpaired) electrons. The lowest BCUT2D eigenvalue weighted by Gasteiger charge is -2.47. The van der Waals surface area contributed by atoms with E-state index in [0.717, 1.165) is 44.6 Å². The Morgan fingerprint density at radius 3 is 2.76 bits per heavy atom. The van der Waals surface area contributed by atoms with Gasteiger partial charge in [0.1, 0.15) is 11.6 Å². The molecular formula is C16H24FN3O. The quantitative estimate of drug-likeness (QED) is 0.895. The van der Waals surface area contributed by atoms with Gasteiger partial charge >= 0.3 is 0 Å². The molecule has 1 fully saturated rings. The van der Waals surface area contributed by atoms with Gasteiger partial charge in [-0.05, 0) is 26.0 Å². The van der Waals surface area contributed by atoms with Crippen LogP contribution in [0.2, 0.25) is 0 Å². The maximum Gasteiger partial charge on any atom is 0.127 e.